The predicted molar refractivity (Wildman–Crippen MR) is 51.6 cm³/mol. The van der Waals surface area contributed by atoms with Crippen LogP contribution in [-0.2, 0) is 0 Å². The van der Waals surface area contributed by atoms with Crippen LogP contribution in [0.1, 0.15) is 6.42 Å². The SMILES string of the molecule is NCCC(CO)Oc1ccccc1. The average molecular weight is 181 g/mol. The van der Waals surface area contributed by atoms with E-state index in [4.69, 9.17) is 15.6 Å². The molecule has 0 aromatic heterocycles. The van der Waals surface area contributed by atoms with E-state index < -0.39 is 0 Å². The van der Waals surface area contributed by atoms with Crippen molar-refractivity contribution in [2.75, 3.05) is 13.2 Å². The Morgan fingerprint density at radius 3 is 2.54 bits per heavy atom. The van der Waals surface area contributed by atoms with Crippen molar-refractivity contribution in [1.29, 1.82) is 0 Å². The summed E-state index contributed by atoms with van der Waals surface area (Å²) in [5.74, 6) is 0.773. The van der Waals surface area contributed by atoms with E-state index in [-0.39, 0.29) is 12.7 Å². The molecule has 3 N–H and O–H groups in total. The van der Waals surface area contributed by atoms with Crippen LogP contribution in [0.3, 0.4) is 0 Å². The smallest absolute Gasteiger partial charge is 0.123 e. The molecule has 0 radical (unpaired) electrons. The Labute approximate surface area is 78.1 Å². The minimum Gasteiger partial charge on any atom is -0.488 e. The summed E-state index contributed by atoms with van der Waals surface area (Å²) < 4.78 is 5.47. The Balaban J connectivity index is 2.46. The van der Waals surface area contributed by atoms with Crippen LogP contribution in [0, 0.1) is 0 Å². The molecule has 0 fully saturated rings. The third-order valence-corrected chi connectivity index (χ3v) is 1.74. The summed E-state index contributed by atoms with van der Waals surface area (Å²) in [4.78, 5) is 0. The molecule has 0 aliphatic carbocycles. The Morgan fingerprint density at radius 2 is 2.00 bits per heavy atom. The minimum absolute atomic E-state index is 0.00605. The van der Waals surface area contributed by atoms with Crippen molar-refractivity contribution in [2.24, 2.45) is 5.73 Å². The number of hydrogen-bond acceptors (Lipinski definition) is 3. The number of hydrogen-bond donors (Lipinski definition) is 2. The second kappa shape index (κ2) is 5.56. The summed E-state index contributed by atoms with van der Waals surface area (Å²) in [6.45, 7) is 0.532. The molecule has 3 nitrogen and oxygen atoms in total. The first-order valence-electron chi connectivity index (χ1n) is 4.39. The molecule has 1 unspecified atom stereocenters. The van der Waals surface area contributed by atoms with Crippen LogP contribution in [0.15, 0.2) is 30.3 Å². The Kier molecular flexibility index (Phi) is 4.29. The maximum absolute atomic E-state index is 8.94. The number of rotatable bonds is 5. The number of benzene rings is 1. The summed E-state index contributed by atoms with van der Waals surface area (Å²) in [6, 6.07) is 9.43. The average Bonchev–Trinajstić information content (AvgIpc) is 2.19. The van der Waals surface area contributed by atoms with Crippen molar-refractivity contribution in [3.05, 3.63) is 30.3 Å². The molecule has 0 bridgehead atoms. The van der Waals surface area contributed by atoms with Crippen molar-refractivity contribution < 1.29 is 9.84 Å². The molecule has 0 heterocycles. The highest BCUT2D eigenvalue weighted by Gasteiger charge is 2.06. The van der Waals surface area contributed by atoms with Crippen molar-refractivity contribution in [1.82, 2.24) is 0 Å². The molecular formula is C10H15NO2. The van der Waals surface area contributed by atoms with Crippen LogP contribution in [0.25, 0.3) is 0 Å². The van der Waals surface area contributed by atoms with E-state index >= 15 is 0 Å². The molecule has 1 aromatic rings. The van der Waals surface area contributed by atoms with E-state index in [1.165, 1.54) is 0 Å². The lowest BCUT2D eigenvalue weighted by molar-refractivity contribution is 0.110. The van der Waals surface area contributed by atoms with E-state index in [1.54, 1.807) is 0 Å². The fourth-order valence-corrected chi connectivity index (χ4v) is 1.06. The normalized spacial score (nSPS) is 12.5. The van der Waals surface area contributed by atoms with Crippen LogP contribution >= 0.6 is 0 Å². The molecule has 1 rings (SSSR count). The Bertz CT molecular complexity index is 226. The second-order valence-corrected chi connectivity index (χ2v) is 2.81. The van der Waals surface area contributed by atoms with Gasteiger partial charge in [0, 0.05) is 0 Å². The molecule has 0 aliphatic rings. The second-order valence-electron chi connectivity index (χ2n) is 2.81. The van der Waals surface area contributed by atoms with Gasteiger partial charge in [0.15, 0.2) is 0 Å². The largest absolute Gasteiger partial charge is 0.488 e. The Hall–Kier alpha value is -1.06. The van der Waals surface area contributed by atoms with Gasteiger partial charge in [-0.25, -0.2) is 0 Å². The van der Waals surface area contributed by atoms with Crippen molar-refractivity contribution in [2.45, 2.75) is 12.5 Å². The standard InChI is InChI=1S/C10H15NO2/c11-7-6-10(8-12)13-9-4-2-1-3-5-9/h1-5,10,12H,6-8,11H2. The van der Waals surface area contributed by atoms with Crippen molar-refractivity contribution in [3.63, 3.8) is 0 Å². The lowest BCUT2D eigenvalue weighted by Gasteiger charge is -2.15. The summed E-state index contributed by atoms with van der Waals surface area (Å²) in [5.41, 5.74) is 5.37. The summed E-state index contributed by atoms with van der Waals surface area (Å²) >= 11 is 0. The van der Waals surface area contributed by atoms with E-state index in [0.717, 1.165) is 5.75 Å². The number of ether oxygens (including phenoxy) is 1. The van der Waals surface area contributed by atoms with Gasteiger partial charge in [0.25, 0.3) is 0 Å². The quantitative estimate of drug-likeness (QED) is 0.705. The molecular weight excluding hydrogens is 166 g/mol. The van der Waals surface area contributed by atoms with Crippen LogP contribution in [0.4, 0.5) is 0 Å². The highest BCUT2D eigenvalue weighted by molar-refractivity contribution is 5.21. The lowest BCUT2D eigenvalue weighted by Crippen LogP contribution is -2.24. The number of aliphatic hydroxyl groups excluding tert-OH is 1. The maximum atomic E-state index is 8.94. The zero-order chi connectivity index (χ0) is 9.52. The van der Waals surface area contributed by atoms with Gasteiger partial charge in [0.05, 0.1) is 6.61 Å². The number of para-hydroxylation sites is 1. The van der Waals surface area contributed by atoms with Gasteiger partial charge in [-0.05, 0) is 25.1 Å². The first-order valence-corrected chi connectivity index (χ1v) is 4.39. The van der Waals surface area contributed by atoms with Gasteiger partial charge in [-0.1, -0.05) is 18.2 Å². The molecule has 1 atom stereocenters. The summed E-state index contributed by atoms with van der Waals surface area (Å²) in [5, 5.41) is 8.94. The zero-order valence-electron chi connectivity index (χ0n) is 7.52. The molecule has 13 heavy (non-hydrogen) atoms. The number of aliphatic hydroxyl groups is 1. The monoisotopic (exact) mass is 181 g/mol. The van der Waals surface area contributed by atoms with Crippen molar-refractivity contribution >= 4 is 0 Å². The third kappa shape index (κ3) is 3.44. The summed E-state index contributed by atoms with van der Waals surface area (Å²) in [6.07, 6.45) is 0.484. The van der Waals surface area contributed by atoms with Gasteiger partial charge >= 0.3 is 0 Å². The van der Waals surface area contributed by atoms with Crippen LogP contribution < -0.4 is 10.5 Å². The topological polar surface area (TPSA) is 55.5 Å². The molecule has 0 amide bonds. The predicted octanol–water partition coefficient (Wildman–Crippen LogP) is 0.775. The Morgan fingerprint density at radius 1 is 1.31 bits per heavy atom. The third-order valence-electron chi connectivity index (χ3n) is 1.74. The first kappa shape index (κ1) is 10.0. The van der Waals surface area contributed by atoms with Gasteiger partial charge in [-0.15, -0.1) is 0 Å². The van der Waals surface area contributed by atoms with Gasteiger partial charge in [-0.2, -0.15) is 0 Å². The molecule has 3 heteroatoms. The maximum Gasteiger partial charge on any atom is 0.123 e. The summed E-state index contributed by atoms with van der Waals surface area (Å²) in [7, 11) is 0. The molecule has 72 valence electrons. The van der Waals surface area contributed by atoms with Crippen molar-refractivity contribution in [3.8, 4) is 5.75 Å². The van der Waals surface area contributed by atoms with Gasteiger partial charge in [-0.3, -0.25) is 0 Å². The zero-order valence-corrected chi connectivity index (χ0v) is 7.52. The fraction of sp³-hybridized carbons (Fsp3) is 0.400. The van der Waals surface area contributed by atoms with Crippen LogP contribution in [-0.4, -0.2) is 24.4 Å². The molecule has 0 saturated carbocycles. The molecule has 0 saturated heterocycles. The molecule has 0 aliphatic heterocycles. The van der Waals surface area contributed by atoms with E-state index in [0.29, 0.717) is 13.0 Å². The minimum atomic E-state index is -0.188. The van der Waals surface area contributed by atoms with E-state index in [2.05, 4.69) is 0 Å². The van der Waals surface area contributed by atoms with Gasteiger partial charge in [0.2, 0.25) is 0 Å². The van der Waals surface area contributed by atoms with Gasteiger partial charge in [0.1, 0.15) is 11.9 Å². The van der Waals surface area contributed by atoms with Crippen LogP contribution in [0.2, 0.25) is 0 Å². The fourth-order valence-electron chi connectivity index (χ4n) is 1.06. The van der Waals surface area contributed by atoms with Gasteiger partial charge < -0.3 is 15.6 Å². The molecule has 0 spiro atoms. The van der Waals surface area contributed by atoms with Crippen LogP contribution in [0.5, 0.6) is 5.75 Å². The van der Waals surface area contributed by atoms with E-state index in [9.17, 15) is 0 Å². The lowest BCUT2D eigenvalue weighted by atomic mass is 10.2. The number of nitrogens with two attached hydrogens (primary N) is 1. The highest BCUT2D eigenvalue weighted by atomic mass is 16.5. The first-order chi connectivity index (χ1) is 6.36. The highest BCUT2D eigenvalue weighted by Crippen LogP contribution is 2.11. The van der Waals surface area contributed by atoms with E-state index in [1.807, 2.05) is 30.3 Å². The molecule has 1 aromatic carbocycles.